The molecule has 1 aliphatic rings. The number of hydrogen-bond acceptors (Lipinski definition) is 4. The second-order valence-corrected chi connectivity index (χ2v) is 10.3. The van der Waals surface area contributed by atoms with Gasteiger partial charge < -0.3 is 4.90 Å². The first kappa shape index (κ1) is 24.2. The predicted octanol–water partition coefficient (Wildman–Crippen LogP) is 3.75. The lowest BCUT2D eigenvalue weighted by Gasteiger charge is -2.34. The molecule has 7 nitrogen and oxygen atoms in total. The molecule has 0 atom stereocenters. The third kappa shape index (κ3) is 4.68. The van der Waals surface area contributed by atoms with E-state index in [9.17, 15) is 26.4 Å². The van der Waals surface area contributed by atoms with Crippen molar-refractivity contribution in [2.75, 3.05) is 26.2 Å². The van der Waals surface area contributed by atoms with E-state index in [-0.39, 0.29) is 37.0 Å². The monoisotopic (exact) mass is 472 g/mol. The number of amides is 1. The summed E-state index contributed by atoms with van der Waals surface area (Å²) in [6.07, 6.45) is -3.80. The van der Waals surface area contributed by atoms with Gasteiger partial charge in [-0.25, -0.2) is 8.42 Å². The summed E-state index contributed by atoms with van der Waals surface area (Å²) in [5.41, 5.74) is -0.591. The molecule has 176 valence electrons. The maximum Gasteiger partial charge on any atom is 0.433 e. The van der Waals surface area contributed by atoms with Gasteiger partial charge in [-0.1, -0.05) is 26.0 Å². The van der Waals surface area contributed by atoms with Gasteiger partial charge in [-0.2, -0.15) is 22.6 Å². The summed E-state index contributed by atoms with van der Waals surface area (Å²) in [5, 5.41) is 3.75. The third-order valence-electron chi connectivity index (χ3n) is 5.49. The molecule has 0 aliphatic carbocycles. The molecule has 2 aromatic rings. The predicted molar refractivity (Wildman–Crippen MR) is 113 cm³/mol. The normalized spacial score (nSPS) is 16.2. The van der Waals surface area contributed by atoms with Gasteiger partial charge in [0, 0.05) is 32.2 Å². The summed E-state index contributed by atoms with van der Waals surface area (Å²) in [5.74, 6) is -0.537. The third-order valence-corrected chi connectivity index (χ3v) is 7.41. The molecule has 0 N–H and O–H groups in total. The van der Waals surface area contributed by atoms with E-state index < -0.39 is 39.4 Å². The minimum Gasteiger partial charge on any atom is -0.336 e. The molecule has 1 aliphatic heterocycles. The summed E-state index contributed by atoms with van der Waals surface area (Å²) >= 11 is 0. The Labute approximate surface area is 185 Å². The van der Waals surface area contributed by atoms with Crippen LogP contribution in [0.25, 0.3) is 0 Å². The van der Waals surface area contributed by atoms with Gasteiger partial charge in [-0.05, 0) is 37.5 Å². The minimum atomic E-state index is -4.74. The number of alkyl halides is 3. The molecule has 1 saturated heterocycles. The average Bonchev–Trinajstić information content (AvgIpc) is 3.19. The number of carbonyl (C=O) groups is 1. The van der Waals surface area contributed by atoms with Crippen molar-refractivity contribution in [2.24, 2.45) is 0 Å². The molecule has 3 rings (SSSR count). The van der Waals surface area contributed by atoms with Crippen molar-refractivity contribution in [3.05, 3.63) is 47.3 Å². The van der Waals surface area contributed by atoms with Crippen LogP contribution in [0.5, 0.6) is 0 Å². The summed E-state index contributed by atoms with van der Waals surface area (Å²) in [7, 11) is -3.76. The lowest BCUT2D eigenvalue weighted by Crippen LogP contribution is -2.50. The fourth-order valence-corrected chi connectivity index (χ4v) is 5.09. The van der Waals surface area contributed by atoms with Gasteiger partial charge in [0.15, 0.2) is 5.69 Å². The average molecular weight is 473 g/mol. The summed E-state index contributed by atoms with van der Waals surface area (Å²) in [6.45, 7) is 7.10. The highest BCUT2D eigenvalue weighted by Gasteiger charge is 2.42. The Hall–Kier alpha value is -2.40. The molecular weight excluding hydrogens is 445 g/mol. The van der Waals surface area contributed by atoms with Crippen LogP contribution in [0.15, 0.2) is 35.4 Å². The Bertz CT molecular complexity index is 1070. The molecule has 2 heterocycles. The molecule has 1 amide bonds. The maximum absolute atomic E-state index is 13.6. The zero-order chi connectivity index (χ0) is 23.8. The van der Waals surface area contributed by atoms with Gasteiger partial charge in [0.25, 0.3) is 5.91 Å². The van der Waals surface area contributed by atoms with Crippen molar-refractivity contribution < 1.29 is 26.4 Å². The lowest BCUT2D eigenvalue weighted by atomic mass is 10.0. The molecule has 0 saturated carbocycles. The van der Waals surface area contributed by atoms with Crippen molar-refractivity contribution in [2.45, 2.75) is 50.7 Å². The van der Waals surface area contributed by atoms with Gasteiger partial charge in [-0.15, -0.1) is 0 Å². The molecule has 0 radical (unpaired) electrons. The fourth-order valence-electron chi connectivity index (χ4n) is 3.67. The van der Waals surface area contributed by atoms with E-state index in [1.807, 2.05) is 13.8 Å². The van der Waals surface area contributed by atoms with Crippen molar-refractivity contribution in [3.8, 4) is 0 Å². The number of sulfonamides is 1. The first-order valence-electron chi connectivity index (χ1n) is 10.4. The lowest BCUT2D eigenvalue weighted by molar-refractivity contribution is -0.145. The van der Waals surface area contributed by atoms with Gasteiger partial charge in [0.05, 0.1) is 16.7 Å². The van der Waals surface area contributed by atoms with E-state index in [1.165, 1.54) is 9.21 Å². The van der Waals surface area contributed by atoms with Crippen LogP contribution in [0.1, 0.15) is 61.3 Å². The highest BCUT2D eigenvalue weighted by Crippen LogP contribution is 2.34. The van der Waals surface area contributed by atoms with Crippen LogP contribution in [-0.2, 0) is 16.2 Å². The number of benzene rings is 1. The van der Waals surface area contributed by atoms with Crippen molar-refractivity contribution in [3.63, 3.8) is 0 Å². The van der Waals surface area contributed by atoms with Crippen molar-refractivity contribution >= 4 is 15.9 Å². The van der Waals surface area contributed by atoms with E-state index in [2.05, 4.69) is 5.10 Å². The minimum absolute atomic E-state index is 0.000323. The Morgan fingerprint density at radius 3 is 2.03 bits per heavy atom. The summed E-state index contributed by atoms with van der Waals surface area (Å²) in [6, 6.07) is 6.07. The molecule has 1 aromatic carbocycles. The summed E-state index contributed by atoms with van der Waals surface area (Å²) < 4.78 is 68.7. The zero-order valence-electron chi connectivity index (χ0n) is 18.4. The Morgan fingerprint density at radius 2 is 1.56 bits per heavy atom. The quantitative estimate of drug-likeness (QED) is 0.664. The maximum atomic E-state index is 13.6. The molecule has 0 bridgehead atoms. The van der Waals surface area contributed by atoms with E-state index in [0.717, 1.165) is 16.4 Å². The number of halogens is 3. The first-order chi connectivity index (χ1) is 14.8. The van der Waals surface area contributed by atoms with Crippen LogP contribution >= 0.6 is 0 Å². The number of piperazine rings is 1. The second-order valence-electron chi connectivity index (χ2n) is 8.36. The molecule has 32 heavy (non-hydrogen) atoms. The summed E-state index contributed by atoms with van der Waals surface area (Å²) in [4.78, 5) is 14.2. The standard InChI is InChI=1S/C21H27F3N4O3S/c1-14(2)16-5-7-17(8-6-16)32(30,31)27-11-9-26(10-12-27)20(29)18-13-25-28(15(3)4)19(18)21(22,23)24/h5-8,13-15H,9-12H2,1-4H3. The smallest absolute Gasteiger partial charge is 0.336 e. The molecule has 1 fully saturated rings. The van der Waals surface area contributed by atoms with Crippen molar-refractivity contribution in [1.82, 2.24) is 19.0 Å². The van der Waals surface area contributed by atoms with E-state index in [0.29, 0.717) is 0 Å². The molecule has 0 unspecified atom stereocenters. The van der Waals surface area contributed by atoms with Crippen LogP contribution < -0.4 is 0 Å². The van der Waals surface area contributed by atoms with Crippen LogP contribution in [0, 0.1) is 0 Å². The second kappa shape index (κ2) is 8.86. The van der Waals surface area contributed by atoms with Crippen LogP contribution in [0.3, 0.4) is 0 Å². The molecule has 11 heteroatoms. The highest BCUT2D eigenvalue weighted by molar-refractivity contribution is 7.89. The number of carbonyl (C=O) groups excluding carboxylic acids is 1. The number of aromatic nitrogens is 2. The van der Waals surface area contributed by atoms with Crippen LogP contribution in [-0.4, -0.2) is 59.5 Å². The van der Waals surface area contributed by atoms with Gasteiger partial charge in [0.2, 0.25) is 10.0 Å². The SMILES string of the molecule is CC(C)c1ccc(S(=O)(=O)N2CCN(C(=O)c3cnn(C(C)C)c3C(F)(F)F)CC2)cc1. The van der Waals surface area contributed by atoms with Gasteiger partial charge in [0.1, 0.15) is 0 Å². The Kier molecular flexibility index (Phi) is 6.71. The van der Waals surface area contributed by atoms with Gasteiger partial charge >= 0.3 is 6.18 Å². The largest absolute Gasteiger partial charge is 0.433 e. The molecular formula is C21H27F3N4O3S. The number of hydrogen-bond donors (Lipinski definition) is 0. The fraction of sp³-hybridized carbons (Fsp3) is 0.524. The van der Waals surface area contributed by atoms with E-state index in [4.69, 9.17) is 0 Å². The molecule has 1 aromatic heterocycles. The Balaban J connectivity index is 1.75. The number of nitrogens with zero attached hydrogens (tertiary/aromatic N) is 4. The van der Waals surface area contributed by atoms with Crippen LogP contribution in [0.2, 0.25) is 0 Å². The van der Waals surface area contributed by atoms with Gasteiger partial charge in [-0.3, -0.25) is 9.48 Å². The number of rotatable bonds is 5. The topological polar surface area (TPSA) is 75.5 Å². The van der Waals surface area contributed by atoms with Crippen LogP contribution in [0.4, 0.5) is 13.2 Å². The molecule has 0 spiro atoms. The zero-order valence-corrected chi connectivity index (χ0v) is 19.2. The van der Waals surface area contributed by atoms with Crippen molar-refractivity contribution in [1.29, 1.82) is 0 Å². The van der Waals surface area contributed by atoms with E-state index in [1.54, 1.807) is 38.1 Å². The van der Waals surface area contributed by atoms with E-state index >= 15 is 0 Å². The highest BCUT2D eigenvalue weighted by atomic mass is 32.2. The Morgan fingerprint density at radius 1 is 1.00 bits per heavy atom. The first-order valence-corrected chi connectivity index (χ1v) is 11.8.